The van der Waals surface area contributed by atoms with Crippen LogP contribution in [0.2, 0.25) is 0 Å². The van der Waals surface area contributed by atoms with Gasteiger partial charge in [-0.05, 0) is 12.1 Å². The molecule has 7 nitrogen and oxygen atoms in total. The minimum absolute atomic E-state index is 0.0596. The molecule has 3 rings (SSSR count). The number of nitrogens with zero attached hydrogens (tertiary/aromatic N) is 1. The Morgan fingerprint density at radius 1 is 1.15 bits per heavy atom. The Balaban J connectivity index is 2.51. The fourth-order valence-electron chi connectivity index (χ4n) is 1.86. The van der Waals surface area contributed by atoms with Gasteiger partial charge >= 0.3 is 0 Å². The van der Waals surface area contributed by atoms with Crippen LogP contribution in [0.25, 0.3) is 22.6 Å². The first-order valence-corrected chi connectivity index (χ1v) is 6.84. The molecule has 1 aliphatic carbocycles. The largest absolute Gasteiger partial charge is 0.508 e. The summed E-state index contributed by atoms with van der Waals surface area (Å²) in [5.41, 5.74) is -0.330. The SMILES string of the molecule is O=c1cc2oc3cc(O)ccc3nc-2c(S(=O)(=O)O)c1. The lowest BCUT2D eigenvalue weighted by molar-refractivity contribution is 0.473. The predicted octanol–water partition coefficient (Wildman–Crippen LogP) is 1.25. The van der Waals surface area contributed by atoms with E-state index in [0.717, 1.165) is 12.1 Å². The van der Waals surface area contributed by atoms with E-state index < -0.39 is 20.4 Å². The zero-order valence-corrected chi connectivity index (χ0v) is 10.6. The Hall–Kier alpha value is -2.45. The van der Waals surface area contributed by atoms with Crippen molar-refractivity contribution in [3.63, 3.8) is 0 Å². The minimum Gasteiger partial charge on any atom is -0.508 e. The van der Waals surface area contributed by atoms with Crippen molar-refractivity contribution in [2.75, 3.05) is 0 Å². The van der Waals surface area contributed by atoms with Crippen LogP contribution < -0.4 is 5.43 Å². The molecular formula is C12H7NO6S. The molecule has 1 aliphatic heterocycles. The van der Waals surface area contributed by atoms with Crippen LogP contribution >= 0.6 is 0 Å². The van der Waals surface area contributed by atoms with Crippen LogP contribution in [0.1, 0.15) is 0 Å². The van der Waals surface area contributed by atoms with E-state index in [9.17, 15) is 18.3 Å². The number of rotatable bonds is 1. The average Bonchev–Trinajstić information content (AvgIpc) is 2.34. The lowest BCUT2D eigenvalue weighted by Crippen LogP contribution is -2.10. The first kappa shape index (κ1) is 12.6. The topological polar surface area (TPSA) is 118 Å². The molecule has 20 heavy (non-hydrogen) atoms. The number of benzene rings is 2. The van der Waals surface area contributed by atoms with Gasteiger partial charge in [-0.2, -0.15) is 8.42 Å². The van der Waals surface area contributed by atoms with Crippen molar-refractivity contribution in [2.45, 2.75) is 4.90 Å². The minimum atomic E-state index is -4.60. The lowest BCUT2D eigenvalue weighted by atomic mass is 10.2. The standard InChI is InChI=1S/C12H7NO6S/c14-6-1-2-8-9(3-6)19-10-4-7(15)5-11(12(10)13-8)20(16,17)18/h1-5,14H,(H,16,17,18). The zero-order chi connectivity index (χ0) is 14.5. The summed E-state index contributed by atoms with van der Waals surface area (Å²) in [5, 5.41) is 9.36. The summed E-state index contributed by atoms with van der Waals surface area (Å²) in [5.74, 6) is -0.154. The molecule has 0 saturated heterocycles. The fraction of sp³-hybridized carbons (Fsp3) is 0. The van der Waals surface area contributed by atoms with Gasteiger partial charge in [0.15, 0.2) is 16.8 Å². The molecule has 0 radical (unpaired) electrons. The highest BCUT2D eigenvalue weighted by Crippen LogP contribution is 2.30. The maximum absolute atomic E-state index is 11.4. The molecular weight excluding hydrogens is 286 g/mol. The van der Waals surface area contributed by atoms with Gasteiger partial charge in [0.25, 0.3) is 10.1 Å². The van der Waals surface area contributed by atoms with Crippen molar-refractivity contribution >= 4 is 21.2 Å². The van der Waals surface area contributed by atoms with Crippen molar-refractivity contribution < 1.29 is 22.5 Å². The molecule has 102 valence electrons. The third-order valence-electron chi connectivity index (χ3n) is 2.69. The first-order chi connectivity index (χ1) is 9.34. The Morgan fingerprint density at radius 2 is 1.90 bits per heavy atom. The third kappa shape index (κ3) is 2.00. The van der Waals surface area contributed by atoms with Gasteiger partial charge in [0, 0.05) is 18.2 Å². The summed E-state index contributed by atoms with van der Waals surface area (Å²) < 4.78 is 37.1. The normalized spacial score (nSPS) is 12.1. The molecule has 0 aromatic heterocycles. The van der Waals surface area contributed by atoms with E-state index in [1.54, 1.807) is 0 Å². The molecule has 0 atom stereocenters. The smallest absolute Gasteiger partial charge is 0.296 e. The fourth-order valence-corrected chi connectivity index (χ4v) is 2.51. The van der Waals surface area contributed by atoms with Crippen molar-refractivity contribution in [3.8, 4) is 17.2 Å². The highest BCUT2D eigenvalue weighted by atomic mass is 32.2. The molecule has 1 aromatic carbocycles. The van der Waals surface area contributed by atoms with Gasteiger partial charge in [0.1, 0.15) is 21.9 Å². The van der Waals surface area contributed by atoms with Crippen LogP contribution in [-0.2, 0) is 10.1 Å². The highest BCUT2D eigenvalue weighted by Gasteiger charge is 2.23. The van der Waals surface area contributed by atoms with Crippen molar-refractivity contribution in [1.29, 1.82) is 0 Å². The molecule has 0 unspecified atom stereocenters. The number of aromatic nitrogens is 1. The summed E-state index contributed by atoms with van der Waals surface area (Å²) in [6, 6.07) is 5.89. The molecule has 2 aliphatic rings. The Labute approximate surface area is 112 Å². The molecule has 2 N–H and O–H groups in total. The highest BCUT2D eigenvalue weighted by molar-refractivity contribution is 7.86. The molecule has 0 spiro atoms. The van der Waals surface area contributed by atoms with Crippen LogP contribution in [-0.4, -0.2) is 23.1 Å². The van der Waals surface area contributed by atoms with Gasteiger partial charge in [0.05, 0.1) is 0 Å². The van der Waals surface area contributed by atoms with E-state index in [4.69, 9.17) is 8.97 Å². The van der Waals surface area contributed by atoms with E-state index in [-0.39, 0.29) is 28.3 Å². The van der Waals surface area contributed by atoms with E-state index in [0.29, 0.717) is 0 Å². The Kier molecular flexibility index (Phi) is 2.53. The molecule has 8 heteroatoms. The van der Waals surface area contributed by atoms with Gasteiger partial charge in [-0.3, -0.25) is 9.35 Å². The van der Waals surface area contributed by atoms with Crippen LogP contribution in [0.5, 0.6) is 5.75 Å². The van der Waals surface area contributed by atoms with E-state index in [1.165, 1.54) is 18.2 Å². The maximum Gasteiger partial charge on any atom is 0.296 e. The van der Waals surface area contributed by atoms with Crippen LogP contribution in [0.3, 0.4) is 0 Å². The molecule has 0 saturated carbocycles. The summed E-state index contributed by atoms with van der Waals surface area (Å²) in [7, 11) is -4.60. The number of hydrogen-bond donors (Lipinski definition) is 2. The van der Waals surface area contributed by atoms with Gasteiger partial charge in [-0.25, -0.2) is 4.98 Å². The second kappa shape index (κ2) is 4.02. The first-order valence-electron chi connectivity index (χ1n) is 5.40. The second-order valence-electron chi connectivity index (χ2n) is 4.11. The van der Waals surface area contributed by atoms with Crippen LogP contribution in [0.4, 0.5) is 0 Å². The quantitative estimate of drug-likeness (QED) is 0.512. The van der Waals surface area contributed by atoms with E-state index in [2.05, 4.69) is 4.98 Å². The predicted molar refractivity (Wildman–Crippen MR) is 68.4 cm³/mol. The van der Waals surface area contributed by atoms with Crippen molar-refractivity contribution in [1.82, 2.24) is 4.98 Å². The van der Waals surface area contributed by atoms with Crippen molar-refractivity contribution in [3.05, 3.63) is 40.6 Å². The number of fused-ring (bicyclic) bond motifs is 2. The average molecular weight is 293 g/mol. The summed E-state index contributed by atoms with van der Waals surface area (Å²) in [4.78, 5) is 14.9. The van der Waals surface area contributed by atoms with Gasteiger partial charge < -0.3 is 9.52 Å². The van der Waals surface area contributed by atoms with E-state index in [1.807, 2.05) is 0 Å². The third-order valence-corrected chi connectivity index (χ3v) is 3.55. The number of hydrogen-bond acceptors (Lipinski definition) is 6. The molecule has 1 aromatic rings. The Bertz CT molecular complexity index is 959. The molecule has 0 fully saturated rings. The van der Waals surface area contributed by atoms with Gasteiger partial charge in [-0.1, -0.05) is 0 Å². The van der Waals surface area contributed by atoms with Crippen LogP contribution in [0.15, 0.2) is 44.4 Å². The van der Waals surface area contributed by atoms with E-state index >= 15 is 0 Å². The van der Waals surface area contributed by atoms with Gasteiger partial charge in [0.2, 0.25) is 0 Å². The number of phenolic OH excluding ortho intramolecular Hbond substituents is 1. The van der Waals surface area contributed by atoms with Crippen molar-refractivity contribution in [2.24, 2.45) is 0 Å². The van der Waals surface area contributed by atoms with Crippen LogP contribution in [0, 0.1) is 0 Å². The summed E-state index contributed by atoms with van der Waals surface area (Å²) in [6.45, 7) is 0. The number of aromatic hydroxyl groups is 1. The molecule has 0 bridgehead atoms. The summed E-state index contributed by atoms with van der Waals surface area (Å²) in [6.07, 6.45) is 0. The molecule has 0 amide bonds. The van der Waals surface area contributed by atoms with Gasteiger partial charge in [-0.15, -0.1) is 0 Å². The Morgan fingerprint density at radius 3 is 2.60 bits per heavy atom. The summed E-state index contributed by atoms with van der Waals surface area (Å²) >= 11 is 0. The maximum atomic E-state index is 11.4. The second-order valence-corrected chi connectivity index (χ2v) is 5.50. The molecule has 1 heterocycles. The zero-order valence-electron chi connectivity index (χ0n) is 9.77. The number of phenols is 1. The lowest BCUT2D eigenvalue weighted by Gasteiger charge is -2.09. The monoisotopic (exact) mass is 293 g/mol.